The van der Waals surface area contributed by atoms with Crippen molar-refractivity contribution >= 4 is 23.3 Å². The summed E-state index contributed by atoms with van der Waals surface area (Å²) >= 11 is 6.20. The minimum atomic E-state index is -0.139. The van der Waals surface area contributed by atoms with Crippen LogP contribution in [-0.4, -0.2) is 44.2 Å². The summed E-state index contributed by atoms with van der Waals surface area (Å²) in [6.07, 6.45) is 2.56. The third-order valence-electron chi connectivity index (χ3n) is 4.21. The van der Waals surface area contributed by atoms with Crippen molar-refractivity contribution in [3.63, 3.8) is 0 Å². The molecule has 132 valence electrons. The van der Waals surface area contributed by atoms with Crippen molar-refractivity contribution < 1.29 is 14.3 Å². The Morgan fingerprint density at radius 1 is 1.28 bits per heavy atom. The van der Waals surface area contributed by atoms with Crippen molar-refractivity contribution in [1.82, 2.24) is 10.3 Å². The highest BCUT2D eigenvalue weighted by molar-refractivity contribution is 6.32. The van der Waals surface area contributed by atoms with Gasteiger partial charge >= 0.3 is 0 Å². The number of anilines is 1. The average molecular weight is 362 g/mol. The Morgan fingerprint density at radius 3 is 2.80 bits per heavy atom. The van der Waals surface area contributed by atoms with Crippen molar-refractivity contribution in [3.05, 3.63) is 47.1 Å². The Kier molecular flexibility index (Phi) is 5.28. The molecule has 0 spiro atoms. The molecule has 1 saturated heterocycles. The number of ether oxygens (including phenoxy) is 2. The van der Waals surface area contributed by atoms with E-state index >= 15 is 0 Å². The molecule has 25 heavy (non-hydrogen) atoms. The fourth-order valence-corrected chi connectivity index (χ4v) is 3.17. The van der Waals surface area contributed by atoms with Crippen LogP contribution in [-0.2, 0) is 0 Å². The van der Waals surface area contributed by atoms with Crippen LogP contribution < -0.4 is 19.7 Å². The molecule has 1 aromatic heterocycles. The van der Waals surface area contributed by atoms with Crippen LogP contribution in [0.5, 0.6) is 11.5 Å². The summed E-state index contributed by atoms with van der Waals surface area (Å²) in [7, 11) is 3.11. The lowest BCUT2D eigenvalue weighted by atomic mass is 10.1. The second-order valence-corrected chi connectivity index (χ2v) is 6.19. The molecule has 1 aromatic carbocycles. The second kappa shape index (κ2) is 7.61. The number of amides is 1. The van der Waals surface area contributed by atoms with E-state index in [0.29, 0.717) is 28.6 Å². The van der Waals surface area contributed by atoms with Gasteiger partial charge in [0.1, 0.15) is 5.82 Å². The number of hydrogen-bond donors (Lipinski definition) is 1. The number of halogens is 1. The standard InChI is InChI=1S/C18H20ClN3O3/c1-24-15-6-5-12(10-16(15)25-2)18(23)21-13-7-9-22(11-13)17-14(19)4-3-8-20-17/h3-6,8,10,13H,7,9,11H2,1-2H3,(H,21,23). The number of hydrogen-bond acceptors (Lipinski definition) is 5. The maximum absolute atomic E-state index is 12.5. The molecule has 1 fully saturated rings. The van der Waals surface area contributed by atoms with E-state index in [1.54, 1.807) is 44.7 Å². The van der Waals surface area contributed by atoms with Gasteiger partial charge in [-0.15, -0.1) is 0 Å². The minimum absolute atomic E-state index is 0.0404. The fourth-order valence-electron chi connectivity index (χ4n) is 2.93. The number of methoxy groups -OCH3 is 2. The number of nitrogens with zero attached hydrogens (tertiary/aromatic N) is 2. The zero-order chi connectivity index (χ0) is 17.8. The van der Waals surface area contributed by atoms with Crippen LogP contribution in [0, 0.1) is 0 Å². The van der Waals surface area contributed by atoms with Crippen LogP contribution in [0.4, 0.5) is 5.82 Å². The van der Waals surface area contributed by atoms with Gasteiger partial charge in [-0.05, 0) is 36.8 Å². The Morgan fingerprint density at radius 2 is 2.08 bits per heavy atom. The summed E-state index contributed by atoms with van der Waals surface area (Å²) in [6.45, 7) is 1.48. The number of rotatable bonds is 5. The molecule has 1 amide bonds. The van der Waals surface area contributed by atoms with Gasteiger partial charge in [-0.3, -0.25) is 4.79 Å². The maximum Gasteiger partial charge on any atom is 0.251 e. The highest BCUT2D eigenvalue weighted by Gasteiger charge is 2.26. The highest BCUT2D eigenvalue weighted by atomic mass is 35.5. The summed E-state index contributed by atoms with van der Waals surface area (Å²) < 4.78 is 10.4. The molecule has 6 nitrogen and oxygen atoms in total. The first-order chi connectivity index (χ1) is 12.1. The number of aromatic nitrogens is 1. The summed E-state index contributed by atoms with van der Waals surface area (Å²) in [5.74, 6) is 1.74. The Balaban J connectivity index is 1.65. The van der Waals surface area contributed by atoms with Gasteiger partial charge in [0.25, 0.3) is 5.91 Å². The van der Waals surface area contributed by atoms with Crippen molar-refractivity contribution in [2.24, 2.45) is 0 Å². The Labute approximate surface area is 151 Å². The zero-order valence-electron chi connectivity index (χ0n) is 14.2. The molecule has 1 N–H and O–H groups in total. The highest BCUT2D eigenvalue weighted by Crippen LogP contribution is 2.28. The number of carbonyl (C=O) groups excluding carboxylic acids is 1. The smallest absolute Gasteiger partial charge is 0.251 e. The van der Waals surface area contributed by atoms with Gasteiger partial charge in [0.2, 0.25) is 0 Å². The predicted molar refractivity (Wildman–Crippen MR) is 96.9 cm³/mol. The van der Waals surface area contributed by atoms with Crippen molar-refractivity contribution in [2.45, 2.75) is 12.5 Å². The molecule has 0 radical (unpaired) electrons. The van der Waals surface area contributed by atoms with Gasteiger partial charge in [-0.1, -0.05) is 11.6 Å². The number of nitrogens with one attached hydrogen (secondary N) is 1. The minimum Gasteiger partial charge on any atom is -0.493 e. The molecular formula is C18H20ClN3O3. The fraction of sp³-hybridized carbons (Fsp3) is 0.333. The number of benzene rings is 1. The van der Waals surface area contributed by atoms with Crippen LogP contribution >= 0.6 is 11.6 Å². The molecule has 0 saturated carbocycles. The van der Waals surface area contributed by atoms with E-state index in [4.69, 9.17) is 21.1 Å². The van der Waals surface area contributed by atoms with Gasteiger partial charge in [0.05, 0.1) is 19.2 Å². The average Bonchev–Trinajstić information content (AvgIpc) is 3.09. The maximum atomic E-state index is 12.5. The molecule has 2 aromatic rings. The van der Waals surface area contributed by atoms with E-state index in [2.05, 4.69) is 15.2 Å². The van der Waals surface area contributed by atoms with Crippen LogP contribution in [0.15, 0.2) is 36.5 Å². The van der Waals surface area contributed by atoms with Gasteiger partial charge in [-0.25, -0.2) is 4.98 Å². The first kappa shape index (κ1) is 17.4. The van der Waals surface area contributed by atoms with Crippen molar-refractivity contribution in [3.8, 4) is 11.5 Å². The molecule has 0 bridgehead atoms. The molecule has 1 unspecified atom stereocenters. The molecular weight excluding hydrogens is 342 g/mol. The predicted octanol–water partition coefficient (Wildman–Crippen LogP) is 2.76. The van der Waals surface area contributed by atoms with E-state index in [1.165, 1.54) is 0 Å². The molecule has 1 aliphatic heterocycles. The molecule has 2 heterocycles. The molecule has 1 aliphatic rings. The monoisotopic (exact) mass is 361 g/mol. The van der Waals surface area contributed by atoms with E-state index in [0.717, 1.165) is 18.8 Å². The van der Waals surface area contributed by atoms with Gasteiger partial charge in [0, 0.05) is 30.9 Å². The quantitative estimate of drug-likeness (QED) is 0.887. The first-order valence-electron chi connectivity index (χ1n) is 8.00. The first-order valence-corrected chi connectivity index (χ1v) is 8.38. The van der Waals surface area contributed by atoms with E-state index < -0.39 is 0 Å². The number of carbonyl (C=O) groups is 1. The second-order valence-electron chi connectivity index (χ2n) is 5.78. The van der Waals surface area contributed by atoms with E-state index in [1.807, 2.05) is 6.07 Å². The normalized spacial score (nSPS) is 16.6. The van der Waals surface area contributed by atoms with E-state index in [9.17, 15) is 4.79 Å². The van der Waals surface area contributed by atoms with Crippen molar-refractivity contribution in [1.29, 1.82) is 0 Å². The van der Waals surface area contributed by atoms with Crippen molar-refractivity contribution in [2.75, 3.05) is 32.2 Å². The van der Waals surface area contributed by atoms with Crippen LogP contribution in [0.3, 0.4) is 0 Å². The lowest BCUT2D eigenvalue weighted by Gasteiger charge is -2.19. The number of pyridine rings is 1. The molecule has 1 atom stereocenters. The lowest BCUT2D eigenvalue weighted by molar-refractivity contribution is 0.0940. The Bertz CT molecular complexity index is 769. The summed E-state index contributed by atoms with van der Waals surface area (Å²) in [5.41, 5.74) is 0.534. The third kappa shape index (κ3) is 3.79. The largest absolute Gasteiger partial charge is 0.493 e. The molecule has 3 rings (SSSR count). The van der Waals surface area contributed by atoms with Gasteiger partial charge < -0.3 is 19.7 Å². The van der Waals surface area contributed by atoms with Gasteiger partial charge in [0.15, 0.2) is 11.5 Å². The SMILES string of the molecule is COc1ccc(C(=O)NC2CCN(c3ncccc3Cl)C2)cc1OC. The molecule has 7 heteroatoms. The summed E-state index contributed by atoms with van der Waals surface area (Å²) in [5, 5.41) is 3.68. The van der Waals surface area contributed by atoms with Crippen LogP contribution in [0.2, 0.25) is 5.02 Å². The lowest BCUT2D eigenvalue weighted by Crippen LogP contribution is -2.37. The summed E-state index contributed by atoms with van der Waals surface area (Å²) in [4.78, 5) is 18.9. The Hall–Kier alpha value is -2.47. The third-order valence-corrected chi connectivity index (χ3v) is 4.50. The topological polar surface area (TPSA) is 63.7 Å². The molecule has 0 aliphatic carbocycles. The zero-order valence-corrected chi connectivity index (χ0v) is 14.9. The van der Waals surface area contributed by atoms with Crippen LogP contribution in [0.1, 0.15) is 16.8 Å². The van der Waals surface area contributed by atoms with E-state index in [-0.39, 0.29) is 11.9 Å². The van der Waals surface area contributed by atoms with Gasteiger partial charge in [-0.2, -0.15) is 0 Å². The summed E-state index contributed by atoms with van der Waals surface area (Å²) in [6, 6.07) is 8.79. The van der Waals surface area contributed by atoms with Crippen LogP contribution in [0.25, 0.3) is 0 Å².